The lowest BCUT2D eigenvalue weighted by Gasteiger charge is -2.29. The van der Waals surface area contributed by atoms with Crippen molar-refractivity contribution < 1.29 is 13.2 Å². The first-order chi connectivity index (χ1) is 13.9. The fourth-order valence-corrected chi connectivity index (χ4v) is 5.90. The van der Waals surface area contributed by atoms with Crippen LogP contribution in [0.25, 0.3) is 0 Å². The van der Waals surface area contributed by atoms with Gasteiger partial charge in [0.1, 0.15) is 5.41 Å². The number of hydrogen-bond acceptors (Lipinski definition) is 3. The van der Waals surface area contributed by atoms with E-state index in [0.717, 1.165) is 21.0 Å². The quantitative estimate of drug-likeness (QED) is 0.651. The molecule has 29 heavy (non-hydrogen) atoms. The number of sulfonamides is 1. The van der Waals surface area contributed by atoms with E-state index in [2.05, 4.69) is 0 Å². The highest BCUT2D eigenvalue weighted by molar-refractivity contribution is 7.89. The van der Waals surface area contributed by atoms with Crippen LogP contribution in [0.15, 0.2) is 89.8 Å². The molecule has 0 bridgehead atoms. The van der Waals surface area contributed by atoms with E-state index in [1.807, 2.05) is 67.6 Å². The monoisotopic (exact) mass is 405 g/mol. The first kappa shape index (κ1) is 19.4. The summed E-state index contributed by atoms with van der Waals surface area (Å²) in [6.45, 7) is 3.70. The molecule has 0 N–H and O–H groups in total. The summed E-state index contributed by atoms with van der Waals surface area (Å²) in [4.78, 5) is 14.0. The van der Waals surface area contributed by atoms with E-state index in [4.69, 9.17) is 0 Å². The molecule has 1 aliphatic rings. The maximum Gasteiger partial charge on any atom is 0.266 e. The van der Waals surface area contributed by atoms with Crippen molar-refractivity contribution in [2.45, 2.75) is 36.6 Å². The summed E-state index contributed by atoms with van der Waals surface area (Å²) in [7, 11) is -3.96. The zero-order valence-corrected chi connectivity index (χ0v) is 17.3. The van der Waals surface area contributed by atoms with Crippen LogP contribution in [0.1, 0.15) is 30.0 Å². The summed E-state index contributed by atoms with van der Waals surface area (Å²) in [5.41, 5.74) is 1.56. The van der Waals surface area contributed by atoms with Gasteiger partial charge in [-0.1, -0.05) is 78.4 Å². The van der Waals surface area contributed by atoms with Gasteiger partial charge in [-0.05, 0) is 43.5 Å². The SMILES string of the molecule is Cc1ccc(S(=O)(=O)N2C(=O)C(c3ccccc3)(c3ccccc3)C[C@H]2C)cc1. The number of amides is 1. The molecule has 1 fully saturated rings. The van der Waals surface area contributed by atoms with Crippen molar-refractivity contribution in [2.24, 2.45) is 0 Å². The number of carbonyl (C=O) groups excluding carboxylic acids is 1. The summed E-state index contributed by atoms with van der Waals surface area (Å²) in [6, 6.07) is 25.1. The highest BCUT2D eigenvalue weighted by Crippen LogP contribution is 2.46. The summed E-state index contributed by atoms with van der Waals surface area (Å²) in [5, 5.41) is 0. The predicted octanol–water partition coefficient (Wildman–Crippen LogP) is 4.29. The van der Waals surface area contributed by atoms with E-state index in [9.17, 15) is 13.2 Å². The van der Waals surface area contributed by atoms with E-state index in [1.165, 1.54) is 0 Å². The number of nitrogens with zero attached hydrogens (tertiary/aromatic N) is 1. The second-order valence-corrected chi connectivity index (χ2v) is 9.42. The minimum Gasteiger partial charge on any atom is -0.272 e. The van der Waals surface area contributed by atoms with Crippen LogP contribution in [0.4, 0.5) is 0 Å². The largest absolute Gasteiger partial charge is 0.272 e. The molecule has 5 heteroatoms. The molecule has 4 nitrogen and oxygen atoms in total. The Hall–Kier alpha value is -2.92. The minimum atomic E-state index is -3.96. The highest BCUT2D eigenvalue weighted by atomic mass is 32.2. The van der Waals surface area contributed by atoms with Gasteiger partial charge in [-0.15, -0.1) is 0 Å². The molecule has 1 heterocycles. The summed E-state index contributed by atoms with van der Waals surface area (Å²) < 4.78 is 27.9. The molecular formula is C24H23NO3S. The standard InChI is InChI=1S/C24H23NO3S/c1-18-13-15-22(16-14-18)29(27,28)25-19(2)17-24(23(25)26,20-9-5-3-6-10-20)21-11-7-4-8-12-21/h3-16,19H,17H2,1-2H3/t19-/m1/s1. The van der Waals surface area contributed by atoms with Crippen molar-refractivity contribution in [1.82, 2.24) is 4.31 Å². The number of benzene rings is 3. The van der Waals surface area contributed by atoms with Crippen LogP contribution in [0.2, 0.25) is 0 Å². The van der Waals surface area contributed by atoms with Gasteiger partial charge in [0.05, 0.1) is 4.90 Å². The third-order valence-electron chi connectivity index (χ3n) is 5.68. The van der Waals surface area contributed by atoms with Crippen LogP contribution in [0, 0.1) is 6.92 Å². The molecule has 0 radical (unpaired) electrons. The van der Waals surface area contributed by atoms with Crippen molar-refractivity contribution in [3.63, 3.8) is 0 Å². The fraction of sp³-hybridized carbons (Fsp3) is 0.208. The second-order valence-electron chi connectivity index (χ2n) is 7.61. The number of rotatable bonds is 4. The Bertz CT molecular complexity index is 1080. The maximum atomic E-state index is 13.9. The van der Waals surface area contributed by atoms with Gasteiger partial charge in [-0.3, -0.25) is 4.79 Å². The Morgan fingerprint density at radius 1 is 0.828 bits per heavy atom. The van der Waals surface area contributed by atoms with E-state index in [1.54, 1.807) is 31.2 Å². The minimum absolute atomic E-state index is 0.139. The van der Waals surface area contributed by atoms with Crippen LogP contribution in [0.5, 0.6) is 0 Å². The molecule has 4 rings (SSSR count). The number of aryl methyl sites for hydroxylation is 1. The van der Waals surface area contributed by atoms with Gasteiger partial charge >= 0.3 is 0 Å². The Balaban J connectivity index is 1.88. The molecular weight excluding hydrogens is 382 g/mol. The number of hydrogen-bond donors (Lipinski definition) is 0. The molecule has 1 amide bonds. The molecule has 148 valence electrons. The van der Waals surface area contributed by atoms with Gasteiger partial charge in [0, 0.05) is 6.04 Å². The Kier molecular flexibility index (Phi) is 4.79. The van der Waals surface area contributed by atoms with Crippen molar-refractivity contribution in [3.8, 4) is 0 Å². The smallest absolute Gasteiger partial charge is 0.266 e. The molecule has 0 saturated carbocycles. The molecule has 0 spiro atoms. The molecule has 1 saturated heterocycles. The van der Waals surface area contributed by atoms with Gasteiger partial charge in [0.2, 0.25) is 0 Å². The van der Waals surface area contributed by atoms with Crippen LogP contribution < -0.4 is 0 Å². The number of carbonyl (C=O) groups is 1. The normalized spacial score (nSPS) is 18.8. The van der Waals surface area contributed by atoms with Gasteiger partial charge in [0.25, 0.3) is 15.9 Å². The lowest BCUT2D eigenvalue weighted by atomic mass is 9.72. The van der Waals surface area contributed by atoms with E-state index < -0.39 is 27.4 Å². The van der Waals surface area contributed by atoms with Gasteiger partial charge in [-0.25, -0.2) is 12.7 Å². The van der Waals surface area contributed by atoms with Crippen LogP contribution in [-0.2, 0) is 20.2 Å². The highest BCUT2D eigenvalue weighted by Gasteiger charge is 2.56. The zero-order valence-electron chi connectivity index (χ0n) is 16.4. The Morgan fingerprint density at radius 2 is 1.31 bits per heavy atom. The lowest BCUT2D eigenvalue weighted by molar-refractivity contribution is -0.127. The third kappa shape index (κ3) is 3.06. The average molecular weight is 406 g/mol. The maximum absolute atomic E-state index is 13.9. The second kappa shape index (κ2) is 7.16. The average Bonchev–Trinajstić information content (AvgIpc) is 3.01. The van der Waals surface area contributed by atoms with E-state index in [0.29, 0.717) is 6.42 Å². The molecule has 0 aliphatic carbocycles. The Morgan fingerprint density at radius 3 is 1.79 bits per heavy atom. The van der Waals surface area contributed by atoms with Crippen LogP contribution in [0.3, 0.4) is 0 Å². The first-order valence-electron chi connectivity index (χ1n) is 9.64. The summed E-state index contributed by atoms with van der Waals surface area (Å²) in [5.74, 6) is -0.400. The van der Waals surface area contributed by atoms with E-state index in [-0.39, 0.29) is 4.90 Å². The van der Waals surface area contributed by atoms with Crippen molar-refractivity contribution >= 4 is 15.9 Å². The van der Waals surface area contributed by atoms with Gasteiger partial charge in [-0.2, -0.15) is 0 Å². The molecule has 1 aliphatic heterocycles. The van der Waals surface area contributed by atoms with Crippen LogP contribution in [-0.4, -0.2) is 24.7 Å². The molecule has 3 aromatic rings. The Labute approximate surface area is 171 Å². The lowest BCUT2D eigenvalue weighted by Crippen LogP contribution is -2.42. The van der Waals surface area contributed by atoms with Crippen molar-refractivity contribution in [2.75, 3.05) is 0 Å². The molecule has 0 unspecified atom stereocenters. The van der Waals surface area contributed by atoms with E-state index >= 15 is 0 Å². The molecule has 1 atom stereocenters. The first-order valence-corrected chi connectivity index (χ1v) is 11.1. The summed E-state index contributed by atoms with van der Waals surface area (Å²) in [6.07, 6.45) is 0.394. The summed E-state index contributed by atoms with van der Waals surface area (Å²) >= 11 is 0. The molecule has 0 aromatic heterocycles. The molecule has 3 aromatic carbocycles. The third-order valence-corrected chi connectivity index (χ3v) is 7.59. The topological polar surface area (TPSA) is 54.5 Å². The van der Waals surface area contributed by atoms with Crippen molar-refractivity contribution in [1.29, 1.82) is 0 Å². The zero-order chi connectivity index (χ0) is 20.6. The van der Waals surface area contributed by atoms with Gasteiger partial charge < -0.3 is 0 Å². The fourth-order valence-electron chi connectivity index (χ4n) is 4.27. The van der Waals surface area contributed by atoms with Crippen LogP contribution >= 0.6 is 0 Å². The predicted molar refractivity (Wildman–Crippen MR) is 113 cm³/mol. The van der Waals surface area contributed by atoms with Gasteiger partial charge in [0.15, 0.2) is 0 Å². The van der Waals surface area contributed by atoms with Crippen molar-refractivity contribution in [3.05, 3.63) is 102 Å².